The van der Waals surface area contributed by atoms with Crippen molar-refractivity contribution in [2.24, 2.45) is 0 Å². The predicted octanol–water partition coefficient (Wildman–Crippen LogP) is 4.09. The number of aromatic nitrogens is 5. The van der Waals surface area contributed by atoms with Gasteiger partial charge < -0.3 is 5.32 Å². The third-order valence-electron chi connectivity index (χ3n) is 3.46. The van der Waals surface area contributed by atoms with Gasteiger partial charge in [-0.05, 0) is 24.3 Å². The van der Waals surface area contributed by atoms with Crippen molar-refractivity contribution in [3.63, 3.8) is 0 Å². The molecule has 3 heterocycles. The lowest BCUT2D eigenvalue weighted by Gasteiger charge is -2.11. The summed E-state index contributed by atoms with van der Waals surface area (Å²) in [6.07, 6.45) is -3.42. The molecular formula is C17H13ClF3N7O. The van der Waals surface area contributed by atoms with Crippen LogP contribution in [-0.2, 0) is 11.0 Å². The monoisotopic (exact) mass is 423 g/mol. The smallest absolute Gasteiger partial charge is 0.324 e. The van der Waals surface area contributed by atoms with Gasteiger partial charge in [-0.15, -0.1) is 0 Å². The molecule has 12 heteroatoms. The second-order valence-corrected chi connectivity index (χ2v) is 5.99. The highest BCUT2D eigenvalue weighted by molar-refractivity contribution is 6.29. The Labute approximate surface area is 167 Å². The van der Waals surface area contributed by atoms with E-state index in [1.165, 1.54) is 6.07 Å². The van der Waals surface area contributed by atoms with Crippen LogP contribution in [0.5, 0.6) is 0 Å². The average Bonchev–Trinajstić information content (AvgIpc) is 2.67. The largest absolute Gasteiger partial charge is 0.433 e. The lowest BCUT2D eigenvalue weighted by molar-refractivity contribution is -0.141. The van der Waals surface area contributed by atoms with Gasteiger partial charge in [-0.2, -0.15) is 28.1 Å². The predicted molar refractivity (Wildman–Crippen MR) is 99.5 cm³/mol. The minimum Gasteiger partial charge on any atom is -0.324 e. The lowest BCUT2D eigenvalue weighted by atomic mass is 10.3. The molecule has 0 atom stereocenters. The van der Waals surface area contributed by atoms with E-state index in [4.69, 9.17) is 11.6 Å². The maximum Gasteiger partial charge on any atom is 0.433 e. The third kappa shape index (κ3) is 5.35. The third-order valence-corrected chi connectivity index (χ3v) is 3.67. The number of carbonyl (C=O) groups is 1. The maximum atomic E-state index is 12.9. The Morgan fingerprint density at radius 3 is 2.55 bits per heavy atom. The summed E-state index contributed by atoms with van der Waals surface area (Å²) in [5, 5.41) is 5.34. The molecule has 150 valence electrons. The van der Waals surface area contributed by atoms with Crippen LogP contribution in [0.15, 0.2) is 36.5 Å². The van der Waals surface area contributed by atoms with Crippen LogP contribution in [0, 0.1) is 0 Å². The van der Waals surface area contributed by atoms with Crippen molar-refractivity contribution in [1.29, 1.82) is 0 Å². The van der Waals surface area contributed by atoms with Crippen molar-refractivity contribution in [3.8, 4) is 11.5 Å². The highest BCUT2D eigenvalue weighted by atomic mass is 35.5. The first kappa shape index (κ1) is 20.4. The highest BCUT2D eigenvalue weighted by Crippen LogP contribution is 2.29. The fourth-order valence-electron chi connectivity index (χ4n) is 2.14. The van der Waals surface area contributed by atoms with E-state index in [0.717, 1.165) is 12.3 Å². The zero-order valence-corrected chi connectivity index (χ0v) is 15.6. The zero-order valence-electron chi connectivity index (χ0n) is 14.8. The number of nitrogens with zero attached hydrogens (tertiary/aromatic N) is 5. The number of anilines is 3. The van der Waals surface area contributed by atoms with Gasteiger partial charge in [0, 0.05) is 18.3 Å². The summed E-state index contributed by atoms with van der Waals surface area (Å²) in [5.74, 6) is -0.462. The Morgan fingerprint density at radius 1 is 1.10 bits per heavy atom. The molecule has 2 N–H and O–H groups in total. The normalized spacial score (nSPS) is 11.2. The number of amides is 1. The number of halogens is 4. The molecule has 0 spiro atoms. The van der Waals surface area contributed by atoms with Crippen LogP contribution in [0.25, 0.3) is 11.5 Å². The number of hydrogen-bond donors (Lipinski definition) is 2. The topological polar surface area (TPSA) is 106 Å². The molecule has 0 aliphatic heterocycles. The molecule has 3 rings (SSSR count). The Hall–Kier alpha value is -3.34. The van der Waals surface area contributed by atoms with E-state index in [9.17, 15) is 18.0 Å². The van der Waals surface area contributed by atoms with Crippen molar-refractivity contribution < 1.29 is 18.0 Å². The van der Waals surface area contributed by atoms with Gasteiger partial charge in [0.15, 0.2) is 5.82 Å². The summed E-state index contributed by atoms with van der Waals surface area (Å²) in [7, 11) is 0. The minimum absolute atomic E-state index is 0.0521. The first-order chi connectivity index (χ1) is 13.7. The Kier molecular flexibility index (Phi) is 5.87. The molecule has 0 saturated carbocycles. The summed E-state index contributed by atoms with van der Waals surface area (Å²) in [5.41, 5.74) is -0.732. The van der Waals surface area contributed by atoms with E-state index >= 15 is 0 Å². The summed E-state index contributed by atoms with van der Waals surface area (Å²) in [6, 6.07) is 6.90. The maximum absolute atomic E-state index is 12.9. The molecule has 3 aromatic heterocycles. The Balaban J connectivity index is 2.00. The van der Waals surface area contributed by atoms with E-state index in [1.54, 1.807) is 25.1 Å². The van der Waals surface area contributed by atoms with Crippen LogP contribution in [-0.4, -0.2) is 30.8 Å². The molecule has 0 fully saturated rings. The van der Waals surface area contributed by atoms with Crippen molar-refractivity contribution in [2.45, 2.75) is 19.5 Å². The first-order valence-electron chi connectivity index (χ1n) is 8.23. The molecule has 1 amide bonds. The van der Waals surface area contributed by atoms with Crippen LogP contribution in [0.2, 0.25) is 5.15 Å². The average molecular weight is 424 g/mol. The summed E-state index contributed by atoms with van der Waals surface area (Å²) < 4.78 is 38.6. The van der Waals surface area contributed by atoms with Gasteiger partial charge in [0.2, 0.25) is 17.8 Å². The van der Waals surface area contributed by atoms with Gasteiger partial charge in [-0.25, -0.2) is 4.98 Å². The summed E-state index contributed by atoms with van der Waals surface area (Å²) in [6.45, 7) is 1.64. The number of carbonyl (C=O) groups excluding carboxylic acids is 1. The lowest BCUT2D eigenvalue weighted by Crippen LogP contribution is -2.14. The minimum atomic E-state index is -4.60. The second-order valence-electron chi connectivity index (χ2n) is 5.61. The van der Waals surface area contributed by atoms with Gasteiger partial charge in [-0.1, -0.05) is 24.6 Å². The Bertz CT molecular complexity index is 1050. The standard InChI is InChI=1S/C17H13ClF3N7O/c1-2-13(29)25-16-27-14(10-4-3-5-12(18)24-10)26-15(28-16)23-9-6-7-22-11(8-9)17(19,20)21/h3-8H,2H2,1H3,(H2,22,23,25,26,27,28,29). The number of nitrogens with one attached hydrogen (secondary N) is 2. The van der Waals surface area contributed by atoms with Crippen LogP contribution < -0.4 is 10.6 Å². The molecule has 0 bridgehead atoms. The molecule has 29 heavy (non-hydrogen) atoms. The van der Waals surface area contributed by atoms with Crippen molar-refractivity contribution in [3.05, 3.63) is 47.4 Å². The fraction of sp³-hybridized carbons (Fsp3) is 0.176. The SMILES string of the molecule is CCC(=O)Nc1nc(Nc2ccnc(C(F)(F)F)c2)nc(-c2cccc(Cl)n2)n1. The van der Waals surface area contributed by atoms with E-state index in [-0.39, 0.29) is 40.9 Å². The fourth-order valence-corrected chi connectivity index (χ4v) is 2.30. The van der Waals surface area contributed by atoms with Crippen LogP contribution in [0.3, 0.4) is 0 Å². The molecule has 0 saturated heterocycles. The van der Waals surface area contributed by atoms with Crippen LogP contribution >= 0.6 is 11.6 Å². The van der Waals surface area contributed by atoms with Crippen molar-refractivity contribution in [1.82, 2.24) is 24.9 Å². The first-order valence-corrected chi connectivity index (χ1v) is 8.61. The summed E-state index contributed by atoms with van der Waals surface area (Å²) in [4.78, 5) is 31.4. The van der Waals surface area contributed by atoms with E-state index < -0.39 is 11.9 Å². The number of hydrogen-bond acceptors (Lipinski definition) is 7. The molecule has 0 unspecified atom stereocenters. The number of rotatable bonds is 5. The van der Waals surface area contributed by atoms with Crippen LogP contribution in [0.4, 0.5) is 30.8 Å². The zero-order chi connectivity index (χ0) is 21.0. The quantitative estimate of drug-likeness (QED) is 0.595. The molecule has 0 aliphatic carbocycles. The van der Waals surface area contributed by atoms with Gasteiger partial charge in [-0.3, -0.25) is 15.1 Å². The number of pyridine rings is 2. The number of alkyl halides is 3. The second kappa shape index (κ2) is 8.35. The molecule has 8 nitrogen and oxygen atoms in total. The van der Waals surface area contributed by atoms with Gasteiger partial charge in [0.1, 0.15) is 16.5 Å². The molecular weight excluding hydrogens is 411 g/mol. The van der Waals surface area contributed by atoms with E-state index in [1.807, 2.05) is 0 Å². The Morgan fingerprint density at radius 2 is 1.86 bits per heavy atom. The van der Waals surface area contributed by atoms with Crippen molar-refractivity contribution >= 4 is 35.1 Å². The van der Waals surface area contributed by atoms with Gasteiger partial charge in [0.25, 0.3) is 0 Å². The van der Waals surface area contributed by atoms with Crippen LogP contribution in [0.1, 0.15) is 19.0 Å². The van der Waals surface area contributed by atoms with E-state index in [2.05, 4.69) is 35.6 Å². The molecule has 0 aliphatic rings. The highest BCUT2D eigenvalue weighted by Gasteiger charge is 2.32. The van der Waals surface area contributed by atoms with Crippen molar-refractivity contribution in [2.75, 3.05) is 10.6 Å². The van der Waals surface area contributed by atoms with Gasteiger partial charge in [0.05, 0.1) is 0 Å². The van der Waals surface area contributed by atoms with Gasteiger partial charge >= 0.3 is 6.18 Å². The molecule has 3 aromatic rings. The van der Waals surface area contributed by atoms with E-state index in [0.29, 0.717) is 5.69 Å². The molecule has 0 aromatic carbocycles. The summed E-state index contributed by atoms with van der Waals surface area (Å²) >= 11 is 5.89. The molecule has 0 radical (unpaired) electrons.